The van der Waals surface area contributed by atoms with Crippen LogP contribution in [0.2, 0.25) is 0 Å². The number of ether oxygens (including phenoxy) is 1. The van der Waals surface area contributed by atoms with Crippen LogP contribution in [0.4, 0.5) is 0 Å². The molecule has 0 aromatic carbocycles. The lowest BCUT2D eigenvalue weighted by Gasteiger charge is -2.04. The summed E-state index contributed by atoms with van der Waals surface area (Å²) in [5.41, 5.74) is 0.301. The molecule has 1 aliphatic rings. The number of hydrogen-bond donors (Lipinski definition) is 0. The Labute approximate surface area is 125 Å². The van der Waals surface area contributed by atoms with E-state index < -0.39 is 15.8 Å². The van der Waals surface area contributed by atoms with Crippen LogP contribution in [0.5, 0.6) is 0 Å². The van der Waals surface area contributed by atoms with Crippen LogP contribution in [-0.2, 0) is 20.3 Å². The summed E-state index contributed by atoms with van der Waals surface area (Å²) in [6.07, 6.45) is 1.12. The Morgan fingerprint density at radius 2 is 1.81 bits per heavy atom. The molecule has 1 saturated carbocycles. The Kier molecular flexibility index (Phi) is 3.72. The van der Waals surface area contributed by atoms with Crippen molar-refractivity contribution >= 4 is 15.8 Å². The highest BCUT2D eigenvalue weighted by Gasteiger charge is 2.64. The Balaban J connectivity index is 1.93. The number of hydrogen-bond acceptors (Lipinski definition) is 5. The number of esters is 1. The summed E-state index contributed by atoms with van der Waals surface area (Å²) in [6.45, 7) is 8.97. The molecule has 0 atom stereocenters. The molecule has 0 saturated heterocycles. The van der Waals surface area contributed by atoms with Crippen molar-refractivity contribution in [2.24, 2.45) is 16.7 Å². The van der Waals surface area contributed by atoms with Gasteiger partial charge >= 0.3 is 5.97 Å². The van der Waals surface area contributed by atoms with Crippen molar-refractivity contribution in [2.45, 2.75) is 33.4 Å². The zero-order chi connectivity index (χ0) is 16.1. The van der Waals surface area contributed by atoms with Gasteiger partial charge in [-0.3, -0.25) is 0 Å². The van der Waals surface area contributed by atoms with Crippen molar-refractivity contribution < 1.29 is 22.4 Å². The second-order valence-electron chi connectivity index (χ2n) is 6.93. The van der Waals surface area contributed by atoms with Crippen LogP contribution in [0.3, 0.4) is 0 Å². The number of rotatable bonds is 5. The van der Waals surface area contributed by atoms with Gasteiger partial charge in [0.25, 0.3) is 0 Å². The highest BCUT2D eigenvalue weighted by atomic mass is 32.2. The molecule has 1 fully saturated rings. The SMILES string of the molecule is CC1(C)C(COC(=O)c2ccc(CS(C)(=O)=O)o2)C1(C)C. The van der Waals surface area contributed by atoms with Gasteiger partial charge in [0.15, 0.2) is 9.84 Å². The molecule has 0 spiro atoms. The molecule has 118 valence electrons. The van der Waals surface area contributed by atoms with E-state index in [4.69, 9.17) is 9.15 Å². The second kappa shape index (κ2) is 4.87. The standard InChI is InChI=1S/C15H22O5S/c1-14(2)12(15(14,3)4)8-19-13(16)11-7-6-10(20-11)9-21(5,17)18/h6-7,12H,8-9H2,1-5H3. The lowest BCUT2D eigenvalue weighted by molar-refractivity contribution is 0.0427. The first-order valence-electron chi connectivity index (χ1n) is 6.89. The van der Waals surface area contributed by atoms with Gasteiger partial charge in [0.2, 0.25) is 5.76 Å². The van der Waals surface area contributed by atoms with Crippen LogP contribution in [0, 0.1) is 16.7 Å². The molecular weight excluding hydrogens is 292 g/mol. The minimum atomic E-state index is -3.18. The van der Waals surface area contributed by atoms with E-state index in [1.165, 1.54) is 12.1 Å². The number of sulfone groups is 1. The first-order valence-corrected chi connectivity index (χ1v) is 8.95. The quantitative estimate of drug-likeness (QED) is 0.781. The van der Waals surface area contributed by atoms with Gasteiger partial charge in [-0.2, -0.15) is 0 Å². The molecule has 1 aromatic heterocycles. The summed E-state index contributed by atoms with van der Waals surface area (Å²) in [4.78, 5) is 11.9. The van der Waals surface area contributed by atoms with Crippen molar-refractivity contribution in [3.8, 4) is 0 Å². The maximum absolute atomic E-state index is 11.9. The maximum Gasteiger partial charge on any atom is 0.374 e. The summed E-state index contributed by atoms with van der Waals surface area (Å²) in [6, 6.07) is 2.94. The zero-order valence-electron chi connectivity index (χ0n) is 13.1. The van der Waals surface area contributed by atoms with Crippen molar-refractivity contribution in [1.29, 1.82) is 0 Å². The van der Waals surface area contributed by atoms with E-state index in [0.717, 1.165) is 6.26 Å². The average Bonchev–Trinajstić information content (AvgIpc) is 2.67. The van der Waals surface area contributed by atoms with Gasteiger partial charge in [-0.1, -0.05) is 27.7 Å². The Morgan fingerprint density at radius 3 is 2.29 bits per heavy atom. The molecular formula is C15H22O5S. The zero-order valence-corrected chi connectivity index (χ0v) is 13.9. The van der Waals surface area contributed by atoms with Crippen LogP contribution in [0.1, 0.15) is 44.0 Å². The fourth-order valence-electron chi connectivity index (χ4n) is 2.80. The number of furan rings is 1. The van der Waals surface area contributed by atoms with Gasteiger partial charge < -0.3 is 9.15 Å². The predicted molar refractivity (Wildman–Crippen MR) is 78.6 cm³/mol. The lowest BCUT2D eigenvalue weighted by atomic mass is 10.0. The molecule has 0 N–H and O–H groups in total. The van der Waals surface area contributed by atoms with Crippen LogP contribution < -0.4 is 0 Å². The number of carbonyl (C=O) groups is 1. The predicted octanol–water partition coefficient (Wildman–Crippen LogP) is 2.66. The van der Waals surface area contributed by atoms with E-state index in [2.05, 4.69) is 27.7 Å². The summed E-state index contributed by atoms with van der Waals surface area (Å²) in [5, 5.41) is 0. The third-order valence-electron chi connectivity index (χ3n) is 4.97. The fourth-order valence-corrected chi connectivity index (χ4v) is 3.48. The summed E-state index contributed by atoms with van der Waals surface area (Å²) >= 11 is 0. The third-order valence-corrected chi connectivity index (χ3v) is 5.78. The highest BCUT2D eigenvalue weighted by molar-refractivity contribution is 7.89. The Bertz CT molecular complexity index is 637. The van der Waals surface area contributed by atoms with Crippen molar-refractivity contribution in [3.63, 3.8) is 0 Å². The monoisotopic (exact) mass is 314 g/mol. The van der Waals surface area contributed by atoms with E-state index >= 15 is 0 Å². The second-order valence-corrected chi connectivity index (χ2v) is 9.07. The van der Waals surface area contributed by atoms with E-state index in [-0.39, 0.29) is 28.1 Å². The van der Waals surface area contributed by atoms with Gasteiger partial charge in [0.05, 0.1) is 6.61 Å². The third kappa shape index (κ3) is 3.15. The molecule has 1 heterocycles. The van der Waals surface area contributed by atoms with Gasteiger partial charge in [-0.05, 0) is 23.0 Å². The minimum absolute atomic E-state index is 0.0462. The van der Waals surface area contributed by atoms with E-state index in [1.54, 1.807) is 0 Å². The molecule has 0 radical (unpaired) electrons. The first-order chi connectivity index (χ1) is 9.45. The van der Waals surface area contributed by atoms with E-state index in [0.29, 0.717) is 12.5 Å². The molecule has 1 aliphatic carbocycles. The molecule has 6 heteroatoms. The molecule has 0 amide bonds. The van der Waals surface area contributed by atoms with Crippen molar-refractivity contribution in [3.05, 3.63) is 23.7 Å². The Hall–Kier alpha value is -1.30. The van der Waals surface area contributed by atoms with Crippen molar-refractivity contribution in [2.75, 3.05) is 12.9 Å². The smallest absolute Gasteiger partial charge is 0.374 e. The first kappa shape index (κ1) is 16.1. The summed E-state index contributed by atoms with van der Waals surface area (Å²) < 4.78 is 32.8. The minimum Gasteiger partial charge on any atom is -0.459 e. The van der Waals surface area contributed by atoms with E-state index in [1.807, 2.05) is 0 Å². The largest absolute Gasteiger partial charge is 0.459 e. The van der Waals surface area contributed by atoms with Gasteiger partial charge in [-0.25, -0.2) is 13.2 Å². The van der Waals surface area contributed by atoms with Gasteiger partial charge in [-0.15, -0.1) is 0 Å². The Morgan fingerprint density at radius 1 is 1.24 bits per heavy atom. The molecule has 2 rings (SSSR count). The number of carbonyl (C=O) groups excluding carboxylic acids is 1. The van der Waals surface area contributed by atoms with Gasteiger partial charge in [0, 0.05) is 12.2 Å². The van der Waals surface area contributed by atoms with Crippen LogP contribution in [-0.4, -0.2) is 27.2 Å². The van der Waals surface area contributed by atoms with Crippen LogP contribution in [0.25, 0.3) is 0 Å². The van der Waals surface area contributed by atoms with Crippen molar-refractivity contribution in [1.82, 2.24) is 0 Å². The fraction of sp³-hybridized carbons (Fsp3) is 0.667. The lowest BCUT2D eigenvalue weighted by Crippen LogP contribution is -2.09. The molecule has 0 bridgehead atoms. The molecule has 1 aromatic rings. The molecule has 0 aliphatic heterocycles. The molecule has 21 heavy (non-hydrogen) atoms. The summed E-state index contributed by atoms with van der Waals surface area (Å²) in [5.74, 6) is -0.155. The van der Waals surface area contributed by atoms with Crippen LogP contribution >= 0.6 is 0 Å². The highest BCUT2D eigenvalue weighted by Crippen LogP contribution is 2.68. The topological polar surface area (TPSA) is 73.6 Å². The van der Waals surface area contributed by atoms with E-state index in [9.17, 15) is 13.2 Å². The molecule has 0 unspecified atom stereocenters. The van der Waals surface area contributed by atoms with Gasteiger partial charge in [0.1, 0.15) is 11.5 Å². The molecule has 5 nitrogen and oxygen atoms in total. The maximum atomic E-state index is 11.9. The van der Waals surface area contributed by atoms with Crippen LogP contribution in [0.15, 0.2) is 16.5 Å². The average molecular weight is 314 g/mol. The normalized spacial score (nSPS) is 20.2. The summed E-state index contributed by atoms with van der Waals surface area (Å²) in [7, 11) is -3.18.